The highest BCUT2D eigenvalue weighted by Crippen LogP contribution is 2.37. The zero-order valence-corrected chi connectivity index (χ0v) is 15.4. The van der Waals surface area contributed by atoms with E-state index in [1.54, 1.807) is 19.3 Å². The third-order valence-corrected chi connectivity index (χ3v) is 4.31. The summed E-state index contributed by atoms with van der Waals surface area (Å²) in [7, 11) is 1.55. The molecule has 0 spiro atoms. The van der Waals surface area contributed by atoms with Crippen LogP contribution in [0.4, 0.5) is 0 Å². The van der Waals surface area contributed by atoms with Crippen LogP contribution in [0.25, 0.3) is 22.4 Å². The van der Waals surface area contributed by atoms with E-state index in [1.807, 2.05) is 55.5 Å². The van der Waals surface area contributed by atoms with Gasteiger partial charge in [0.15, 0.2) is 11.5 Å². The van der Waals surface area contributed by atoms with Crippen molar-refractivity contribution in [3.63, 3.8) is 0 Å². The molecule has 130 valence electrons. The normalized spacial score (nSPS) is 11.2. The van der Waals surface area contributed by atoms with E-state index in [0.29, 0.717) is 28.7 Å². The Bertz CT molecular complexity index is 1020. The fraction of sp³-hybridized carbons (Fsp3) is 0.136. The van der Waals surface area contributed by atoms with Crippen molar-refractivity contribution in [2.24, 2.45) is 0 Å². The van der Waals surface area contributed by atoms with Crippen LogP contribution in [0.3, 0.4) is 0 Å². The molecule has 0 heterocycles. The van der Waals surface area contributed by atoms with Crippen molar-refractivity contribution < 1.29 is 9.47 Å². The summed E-state index contributed by atoms with van der Waals surface area (Å²) in [5, 5.41) is 12.3. The first-order valence-corrected chi connectivity index (χ1v) is 8.65. The molecule has 0 unspecified atom stereocenters. The summed E-state index contributed by atoms with van der Waals surface area (Å²) in [5.74, 6) is 1.06. The van der Waals surface area contributed by atoms with Gasteiger partial charge < -0.3 is 9.47 Å². The number of nitriles is 1. The van der Waals surface area contributed by atoms with E-state index in [-0.39, 0.29) is 0 Å². The lowest BCUT2D eigenvalue weighted by Gasteiger charge is -2.12. The molecule has 0 aliphatic heterocycles. The number of allylic oxidation sites excluding steroid dienone is 1. The number of ether oxygens (including phenoxy) is 2. The minimum atomic E-state index is 0.445. The van der Waals surface area contributed by atoms with Crippen LogP contribution in [0.2, 0.25) is 5.02 Å². The molecule has 0 saturated carbocycles. The molecule has 3 rings (SSSR count). The van der Waals surface area contributed by atoms with E-state index in [0.717, 1.165) is 21.9 Å². The number of rotatable bonds is 5. The van der Waals surface area contributed by atoms with Crippen molar-refractivity contribution in [3.8, 4) is 17.6 Å². The number of methoxy groups -OCH3 is 1. The van der Waals surface area contributed by atoms with Crippen LogP contribution >= 0.6 is 11.6 Å². The zero-order valence-electron chi connectivity index (χ0n) is 14.6. The molecular weight excluding hydrogens is 346 g/mol. The van der Waals surface area contributed by atoms with Gasteiger partial charge >= 0.3 is 0 Å². The predicted octanol–water partition coefficient (Wildman–Crippen LogP) is 5.96. The van der Waals surface area contributed by atoms with Gasteiger partial charge in [-0.15, -0.1) is 0 Å². The summed E-state index contributed by atoms with van der Waals surface area (Å²) >= 11 is 6.30. The molecule has 0 radical (unpaired) electrons. The summed E-state index contributed by atoms with van der Waals surface area (Å²) in [5.41, 5.74) is 2.19. The van der Waals surface area contributed by atoms with Crippen molar-refractivity contribution >= 4 is 34.0 Å². The first kappa shape index (κ1) is 17.8. The van der Waals surface area contributed by atoms with Gasteiger partial charge in [0.2, 0.25) is 0 Å². The van der Waals surface area contributed by atoms with Gasteiger partial charge in [0.25, 0.3) is 0 Å². The predicted molar refractivity (Wildman–Crippen MR) is 107 cm³/mol. The summed E-state index contributed by atoms with van der Waals surface area (Å²) in [4.78, 5) is 0. The first-order valence-electron chi connectivity index (χ1n) is 8.27. The van der Waals surface area contributed by atoms with Crippen LogP contribution in [0.15, 0.2) is 54.6 Å². The van der Waals surface area contributed by atoms with Gasteiger partial charge in [0, 0.05) is 0 Å². The van der Waals surface area contributed by atoms with Crippen molar-refractivity contribution in [3.05, 3.63) is 70.7 Å². The molecule has 3 aromatic rings. The quantitative estimate of drug-likeness (QED) is 0.414. The van der Waals surface area contributed by atoms with Crippen molar-refractivity contribution in [2.75, 3.05) is 13.7 Å². The largest absolute Gasteiger partial charge is 0.491 e. The molecule has 0 N–H and O–H groups in total. The van der Waals surface area contributed by atoms with E-state index in [2.05, 4.69) is 6.07 Å². The molecule has 3 nitrogen and oxygen atoms in total. The fourth-order valence-electron chi connectivity index (χ4n) is 2.84. The van der Waals surface area contributed by atoms with Crippen LogP contribution in [0, 0.1) is 11.3 Å². The van der Waals surface area contributed by atoms with Crippen LogP contribution in [-0.4, -0.2) is 13.7 Å². The Morgan fingerprint density at radius 2 is 1.88 bits per heavy atom. The highest BCUT2D eigenvalue weighted by Gasteiger charge is 2.12. The average molecular weight is 364 g/mol. The Morgan fingerprint density at radius 3 is 2.58 bits per heavy atom. The van der Waals surface area contributed by atoms with Crippen LogP contribution < -0.4 is 9.47 Å². The molecule has 0 bridgehead atoms. The zero-order chi connectivity index (χ0) is 18.5. The number of hydrogen-bond acceptors (Lipinski definition) is 3. The molecular formula is C22H18ClNO2. The van der Waals surface area contributed by atoms with Gasteiger partial charge in [-0.2, -0.15) is 5.26 Å². The third kappa shape index (κ3) is 3.66. The molecule has 26 heavy (non-hydrogen) atoms. The number of fused-ring (bicyclic) bond motifs is 1. The van der Waals surface area contributed by atoms with E-state index in [4.69, 9.17) is 21.1 Å². The minimum absolute atomic E-state index is 0.445. The first-order chi connectivity index (χ1) is 12.7. The summed E-state index contributed by atoms with van der Waals surface area (Å²) in [6.45, 7) is 2.39. The monoisotopic (exact) mass is 363 g/mol. The van der Waals surface area contributed by atoms with Crippen LogP contribution in [-0.2, 0) is 0 Å². The molecule has 0 amide bonds. The molecule has 4 heteroatoms. The number of hydrogen-bond donors (Lipinski definition) is 0. The van der Waals surface area contributed by atoms with Gasteiger partial charge in [-0.25, -0.2) is 0 Å². The second-order valence-electron chi connectivity index (χ2n) is 5.70. The van der Waals surface area contributed by atoms with Gasteiger partial charge in [-0.05, 0) is 53.1 Å². The van der Waals surface area contributed by atoms with Gasteiger partial charge in [0.05, 0.1) is 30.4 Å². The van der Waals surface area contributed by atoms with E-state index in [1.165, 1.54) is 0 Å². The fourth-order valence-corrected chi connectivity index (χ4v) is 3.13. The van der Waals surface area contributed by atoms with Gasteiger partial charge in [-0.1, -0.05) is 48.0 Å². The van der Waals surface area contributed by atoms with E-state index < -0.39 is 0 Å². The van der Waals surface area contributed by atoms with Crippen molar-refractivity contribution in [2.45, 2.75) is 6.92 Å². The van der Waals surface area contributed by atoms with Crippen LogP contribution in [0.1, 0.15) is 18.1 Å². The maximum Gasteiger partial charge on any atom is 0.179 e. The molecule has 3 aromatic carbocycles. The molecule has 0 saturated heterocycles. The van der Waals surface area contributed by atoms with Gasteiger partial charge in [0.1, 0.15) is 0 Å². The van der Waals surface area contributed by atoms with Crippen molar-refractivity contribution in [1.82, 2.24) is 0 Å². The SMILES string of the molecule is CCOc1cc(/C=C(/C#N)c2ccc3ccccc3c2)cc(Cl)c1OC. The number of nitrogens with zero attached hydrogens (tertiary/aromatic N) is 1. The smallest absolute Gasteiger partial charge is 0.179 e. The Balaban J connectivity index is 2.07. The van der Waals surface area contributed by atoms with Crippen molar-refractivity contribution in [1.29, 1.82) is 5.26 Å². The molecule has 0 atom stereocenters. The second kappa shape index (κ2) is 7.95. The van der Waals surface area contributed by atoms with Crippen LogP contribution in [0.5, 0.6) is 11.5 Å². The molecule has 0 aliphatic carbocycles. The lowest BCUT2D eigenvalue weighted by Crippen LogP contribution is -1.96. The standard InChI is InChI=1S/C22H18ClNO2/c1-3-26-21-12-15(11-20(23)22(21)25-2)10-19(14-24)18-9-8-16-6-4-5-7-17(16)13-18/h4-13H,3H2,1-2H3/b19-10-. The molecule has 0 fully saturated rings. The van der Waals surface area contributed by atoms with E-state index >= 15 is 0 Å². The number of halogens is 1. The lowest BCUT2D eigenvalue weighted by molar-refractivity contribution is 0.311. The average Bonchev–Trinajstić information content (AvgIpc) is 2.66. The second-order valence-corrected chi connectivity index (χ2v) is 6.11. The van der Waals surface area contributed by atoms with Gasteiger partial charge in [-0.3, -0.25) is 0 Å². The third-order valence-electron chi connectivity index (χ3n) is 4.03. The Labute approximate surface area is 158 Å². The maximum absolute atomic E-state index is 9.65. The van der Waals surface area contributed by atoms with E-state index in [9.17, 15) is 5.26 Å². The highest BCUT2D eigenvalue weighted by molar-refractivity contribution is 6.32. The Kier molecular flexibility index (Phi) is 5.46. The summed E-state index contributed by atoms with van der Waals surface area (Å²) < 4.78 is 10.9. The minimum Gasteiger partial charge on any atom is -0.491 e. The Morgan fingerprint density at radius 1 is 1.12 bits per heavy atom. The highest BCUT2D eigenvalue weighted by atomic mass is 35.5. The lowest BCUT2D eigenvalue weighted by atomic mass is 10.00. The Hall–Kier alpha value is -2.96. The topological polar surface area (TPSA) is 42.2 Å². The maximum atomic E-state index is 9.65. The summed E-state index contributed by atoms with van der Waals surface area (Å²) in [6, 6.07) is 19.9. The number of benzene rings is 3. The summed E-state index contributed by atoms with van der Waals surface area (Å²) in [6.07, 6.45) is 1.80. The molecule has 0 aliphatic rings. The molecule has 0 aromatic heterocycles.